The molecule has 0 unspecified atom stereocenters. The SMILES string of the molecule is COc1ccc(-n2ccc(C(=O)N(Cc3ccccn3)c3ccc(Cl)cc3)n2)cc1. The second-order valence-corrected chi connectivity index (χ2v) is 6.97. The van der Waals surface area contributed by atoms with Crippen LogP contribution in [-0.2, 0) is 6.54 Å². The molecule has 0 bridgehead atoms. The Morgan fingerprint density at radius 1 is 1.03 bits per heavy atom. The summed E-state index contributed by atoms with van der Waals surface area (Å²) in [4.78, 5) is 19.3. The predicted molar refractivity (Wildman–Crippen MR) is 116 cm³/mol. The van der Waals surface area contributed by atoms with Crippen molar-refractivity contribution in [2.75, 3.05) is 12.0 Å². The summed E-state index contributed by atoms with van der Waals surface area (Å²) in [5.74, 6) is 0.529. The number of benzene rings is 2. The first-order chi connectivity index (χ1) is 14.6. The third-order valence-corrected chi connectivity index (χ3v) is 4.83. The van der Waals surface area contributed by atoms with Crippen molar-refractivity contribution in [3.63, 3.8) is 0 Å². The second kappa shape index (κ2) is 8.80. The Morgan fingerprint density at radius 2 is 1.80 bits per heavy atom. The maximum absolute atomic E-state index is 13.3. The van der Waals surface area contributed by atoms with Gasteiger partial charge in [0.1, 0.15) is 5.75 Å². The molecule has 0 saturated heterocycles. The molecule has 0 aliphatic carbocycles. The number of aromatic nitrogens is 3. The van der Waals surface area contributed by atoms with Gasteiger partial charge in [-0.3, -0.25) is 9.78 Å². The number of methoxy groups -OCH3 is 1. The van der Waals surface area contributed by atoms with Crippen molar-refractivity contribution in [3.8, 4) is 11.4 Å². The van der Waals surface area contributed by atoms with E-state index >= 15 is 0 Å². The second-order valence-electron chi connectivity index (χ2n) is 6.53. The first-order valence-corrected chi connectivity index (χ1v) is 9.69. The number of nitrogens with zero attached hydrogens (tertiary/aromatic N) is 4. The van der Waals surface area contributed by atoms with E-state index in [1.807, 2.05) is 54.6 Å². The molecule has 2 heterocycles. The number of amides is 1. The highest BCUT2D eigenvalue weighted by Crippen LogP contribution is 2.22. The van der Waals surface area contributed by atoms with Gasteiger partial charge in [-0.2, -0.15) is 5.10 Å². The quantitative estimate of drug-likeness (QED) is 0.452. The smallest absolute Gasteiger partial charge is 0.279 e. The Bertz CT molecular complexity index is 1130. The maximum Gasteiger partial charge on any atom is 0.279 e. The molecule has 0 atom stereocenters. The molecule has 4 rings (SSSR count). The summed E-state index contributed by atoms with van der Waals surface area (Å²) in [6.45, 7) is 0.316. The lowest BCUT2D eigenvalue weighted by Crippen LogP contribution is -2.31. The van der Waals surface area contributed by atoms with Crippen molar-refractivity contribution in [2.45, 2.75) is 6.54 Å². The van der Waals surface area contributed by atoms with Crippen LogP contribution in [0, 0.1) is 0 Å². The molecule has 4 aromatic rings. The van der Waals surface area contributed by atoms with Crippen molar-refractivity contribution >= 4 is 23.2 Å². The zero-order valence-electron chi connectivity index (χ0n) is 16.3. The van der Waals surface area contributed by atoms with Crippen molar-refractivity contribution < 1.29 is 9.53 Å². The van der Waals surface area contributed by atoms with Crippen LogP contribution in [0.1, 0.15) is 16.2 Å². The third kappa shape index (κ3) is 4.34. The lowest BCUT2D eigenvalue weighted by atomic mass is 10.2. The zero-order valence-corrected chi connectivity index (χ0v) is 17.0. The average Bonchev–Trinajstić information content (AvgIpc) is 3.29. The molecule has 1 amide bonds. The molecule has 7 heteroatoms. The van der Waals surface area contributed by atoms with E-state index in [9.17, 15) is 4.79 Å². The Labute approximate surface area is 179 Å². The van der Waals surface area contributed by atoms with Gasteiger partial charge in [0.2, 0.25) is 0 Å². The molecule has 2 aromatic carbocycles. The number of ether oxygens (including phenoxy) is 1. The van der Waals surface area contributed by atoms with Crippen LogP contribution in [0.25, 0.3) is 5.69 Å². The first kappa shape index (κ1) is 19.7. The summed E-state index contributed by atoms with van der Waals surface area (Å²) in [6.07, 6.45) is 3.47. The fourth-order valence-electron chi connectivity index (χ4n) is 3.01. The molecule has 0 fully saturated rings. The largest absolute Gasteiger partial charge is 0.497 e. The van der Waals surface area contributed by atoms with Gasteiger partial charge in [0.05, 0.1) is 25.0 Å². The standard InChI is InChI=1S/C23H19ClN4O2/c1-30-21-11-9-20(10-12-21)28-15-13-22(26-28)23(29)27(16-18-4-2-3-14-25-18)19-7-5-17(24)6-8-19/h2-15H,16H2,1H3. The lowest BCUT2D eigenvalue weighted by molar-refractivity contribution is 0.0979. The monoisotopic (exact) mass is 418 g/mol. The Kier molecular flexibility index (Phi) is 5.77. The van der Waals surface area contributed by atoms with Gasteiger partial charge in [-0.1, -0.05) is 17.7 Å². The molecule has 2 aromatic heterocycles. The summed E-state index contributed by atoms with van der Waals surface area (Å²) in [7, 11) is 1.62. The molecule has 0 spiro atoms. The van der Waals surface area contributed by atoms with Gasteiger partial charge in [0.15, 0.2) is 5.69 Å². The highest BCUT2D eigenvalue weighted by Gasteiger charge is 2.21. The van der Waals surface area contributed by atoms with Gasteiger partial charge in [0, 0.05) is 23.1 Å². The van der Waals surface area contributed by atoms with Crippen LogP contribution in [0.4, 0.5) is 5.69 Å². The highest BCUT2D eigenvalue weighted by molar-refractivity contribution is 6.30. The number of hydrogen-bond donors (Lipinski definition) is 0. The van der Waals surface area contributed by atoms with Crippen LogP contribution < -0.4 is 9.64 Å². The van der Waals surface area contributed by atoms with Crippen LogP contribution in [0.5, 0.6) is 5.75 Å². The summed E-state index contributed by atoms with van der Waals surface area (Å²) >= 11 is 6.03. The number of pyridine rings is 1. The van der Waals surface area contributed by atoms with Crippen molar-refractivity contribution in [2.24, 2.45) is 0 Å². The minimum absolute atomic E-state index is 0.227. The van der Waals surface area contributed by atoms with Gasteiger partial charge < -0.3 is 9.64 Å². The molecule has 6 nitrogen and oxygen atoms in total. The van der Waals surface area contributed by atoms with E-state index in [0.29, 0.717) is 22.9 Å². The first-order valence-electron chi connectivity index (χ1n) is 9.31. The van der Waals surface area contributed by atoms with Gasteiger partial charge in [0.25, 0.3) is 5.91 Å². The summed E-state index contributed by atoms with van der Waals surface area (Å²) in [6, 6.07) is 21.9. The van der Waals surface area contributed by atoms with E-state index in [1.165, 1.54) is 0 Å². The van der Waals surface area contributed by atoms with Crippen LogP contribution in [0.15, 0.2) is 85.2 Å². The Morgan fingerprint density at radius 3 is 2.47 bits per heavy atom. The molecule has 0 N–H and O–H groups in total. The highest BCUT2D eigenvalue weighted by atomic mass is 35.5. The van der Waals surface area contributed by atoms with Crippen LogP contribution in [-0.4, -0.2) is 27.8 Å². The minimum Gasteiger partial charge on any atom is -0.497 e. The molecule has 0 aliphatic heterocycles. The van der Waals surface area contributed by atoms with Crippen LogP contribution >= 0.6 is 11.6 Å². The van der Waals surface area contributed by atoms with Crippen molar-refractivity contribution in [3.05, 3.63) is 102 Å². The molecule has 0 saturated carbocycles. The molecule has 0 aliphatic rings. The number of carbonyl (C=O) groups is 1. The van der Waals surface area contributed by atoms with Crippen LogP contribution in [0.2, 0.25) is 5.02 Å². The van der Waals surface area contributed by atoms with Gasteiger partial charge in [-0.15, -0.1) is 0 Å². The minimum atomic E-state index is -0.227. The van der Waals surface area contributed by atoms with E-state index in [2.05, 4.69) is 10.1 Å². The Hall–Kier alpha value is -3.64. The van der Waals surface area contributed by atoms with E-state index in [0.717, 1.165) is 17.1 Å². The molecule has 30 heavy (non-hydrogen) atoms. The number of carbonyl (C=O) groups excluding carboxylic acids is 1. The average molecular weight is 419 g/mol. The molecular weight excluding hydrogens is 400 g/mol. The molecule has 0 radical (unpaired) electrons. The van der Waals surface area contributed by atoms with Gasteiger partial charge >= 0.3 is 0 Å². The van der Waals surface area contributed by atoms with Crippen molar-refractivity contribution in [1.29, 1.82) is 0 Å². The fourth-order valence-corrected chi connectivity index (χ4v) is 3.14. The Balaban J connectivity index is 1.64. The lowest BCUT2D eigenvalue weighted by Gasteiger charge is -2.21. The summed E-state index contributed by atoms with van der Waals surface area (Å²) < 4.78 is 6.85. The maximum atomic E-state index is 13.3. The van der Waals surface area contributed by atoms with Crippen molar-refractivity contribution in [1.82, 2.24) is 14.8 Å². The van der Waals surface area contributed by atoms with Crippen LogP contribution in [0.3, 0.4) is 0 Å². The number of hydrogen-bond acceptors (Lipinski definition) is 4. The van der Waals surface area contributed by atoms with E-state index in [1.54, 1.807) is 47.3 Å². The molecular formula is C23H19ClN4O2. The zero-order chi connectivity index (χ0) is 20.9. The third-order valence-electron chi connectivity index (χ3n) is 4.57. The number of anilines is 1. The topological polar surface area (TPSA) is 60.2 Å². The predicted octanol–water partition coefficient (Wildman–Crippen LogP) is 4.78. The number of halogens is 1. The molecule has 150 valence electrons. The summed E-state index contributed by atoms with van der Waals surface area (Å²) in [5, 5.41) is 5.08. The summed E-state index contributed by atoms with van der Waals surface area (Å²) in [5.41, 5.74) is 2.65. The number of rotatable bonds is 6. The van der Waals surface area contributed by atoms with Gasteiger partial charge in [-0.05, 0) is 66.7 Å². The van der Waals surface area contributed by atoms with E-state index < -0.39 is 0 Å². The van der Waals surface area contributed by atoms with Gasteiger partial charge in [-0.25, -0.2) is 4.68 Å². The van der Waals surface area contributed by atoms with E-state index in [-0.39, 0.29) is 5.91 Å². The fraction of sp³-hybridized carbons (Fsp3) is 0.0870. The normalized spacial score (nSPS) is 10.6. The van der Waals surface area contributed by atoms with E-state index in [4.69, 9.17) is 16.3 Å².